The summed E-state index contributed by atoms with van der Waals surface area (Å²) in [6, 6.07) is 4.66. The minimum Gasteiger partial charge on any atom is -0.456 e. The Labute approximate surface area is 407 Å². The third-order valence-corrected chi connectivity index (χ3v) is 17.2. The number of ketones is 2. The molecule has 2 saturated heterocycles. The van der Waals surface area contributed by atoms with Crippen molar-refractivity contribution < 1.29 is 48.4 Å². The molecule has 12 atom stereocenters. The van der Waals surface area contributed by atoms with Crippen LogP contribution in [0.25, 0.3) is 0 Å². The number of fused-ring (bicyclic) bond motifs is 3. The van der Waals surface area contributed by atoms with E-state index in [0.29, 0.717) is 63.7 Å². The first-order chi connectivity index (χ1) is 31.8. The van der Waals surface area contributed by atoms with Crippen molar-refractivity contribution in [1.29, 1.82) is 0 Å². The van der Waals surface area contributed by atoms with Gasteiger partial charge in [-0.25, -0.2) is 9.78 Å². The summed E-state index contributed by atoms with van der Waals surface area (Å²) in [5, 5.41) is 28.0. The van der Waals surface area contributed by atoms with Crippen LogP contribution in [0.2, 0.25) is 0 Å². The van der Waals surface area contributed by atoms with Crippen molar-refractivity contribution in [2.75, 3.05) is 26.0 Å². The van der Waals surface area contributed by atoms with Gasteiger partial charge in [0.15, 0.2) is 0 Å². The summed E-state index contributed by atoms with van der Waals surface area (Å²) < 4.78 is 18.5. The van der Waals surface area contributed by atoms with Crippen LogP contribution in [0.1, 0.15) is 145 Å². The summed E-state index contributed by atoms with van der Waals surface area (Å²) in [5.74, 6) is -6.38. The number of amides is 2. The van der Waals surface area contributed by atoms with E-state index in [-0.39, 0.29) is 61.4 Å². The first-order valence-electron chi connectivity index (χ1n) is 24.9. The molecule has 0 aromatic carbocycles. The number of aliphatic hydroxyl groups excluding tert-OH is 1. The number of aliphatic hydroxyl groups is 2. The fourth-order valence-corrected chi connectivity index (χ4v) is 12.4. The normalized spacial score (nSPS) is 35.4. The van der Waals surface area contributed by atoms with Gasteiger partial charge in [0, 0.05) is 62.7 Å². The smallest absolute Gasteiger partial charge is 0.329 e. The van der Waals surface area contributed by atoms with Gasteiger partial charge in [0.25, 0.3) is 11.7 Å². The van der Waals surface area contributed by atoms with E-state index < -0.39 is 65.1 Å². The molecule has 67 heavy (non-hydrogen) atoms. The van der Waals surface area contributed by atoms with Crippen molar-refractivity contribution in [3.05, 3.63) is 47.7 Å². The van der Waals surface area contributed by atoms with Crippen molar-refractivity contribution in [2.24, 2.45) is 35.5 Å². The maximum Gasteiger partial charge on any atom is 0.329 e. The number of nitrogens with one attached hydrogen (secondary N) is 1. The number of hydrogen-bond donors (Lipinski definition) is 3. The van der Waals surface area contributed by atoms with Crippen LogP contribution < -0.4 is 5.32 Å². The third kappa shape index (κ3) is 15.2. The molecule has 4 aliphatic rings. The second-order valence-electron chi connectivity index (χ2n) is 20.4. The molecule has 3 aliphatic heterocycles. The Morgan fingerprint density at radius 1 is 1.03 bits per heavy atom. The first kappa shape index (κ1) is 54.9. The van der Waals surface area contributed by atoms with E-state index >= 15 is 0 Å². The van der Waals surface area contributed by atoms with E-state index in [4.69, 9.17) is 14.2 Å². The van der Waals surface area contributed by atoms with Crippen LogP contribution in [0.3, 0.4) is 0 Å². The molecular weight excluding hydrogens is 891 g/mol. The van der Waals surface area contributed by atoms with Crippen LogP contribution >= 0.6 is 21.6 Å². The largest absolute Gasteiger partial charge is 0.456 e. The van der Waals surface area contributed by atoms with Gasteiger partial charge < -0.3 is 34.6 Å². The Morgan fingerprint density at radius 2 is 1.81 bits per heavy atom. The number of nitrogens with zero attached hydrogens (tertiary/aromatic N) is 2. The molecule has 3 N–H and O–H groups in total. The number of pyridine rings is 1. The molecule has 4 heterocycles. The van der Waals surface area contributed by atoms with Crippen LogP contribution in [0.15, 0.2) is 52.7 Å². The summed E-state index contributed by atoms with van der Waals surface area (Å²) in [7, 11) is 4.89. The highest BCUT2D eigenvalue weighted by Gasteiger charge is 2.57. The minimum atomic E-state index is -2.38. The van der Waals surface area contributed by atoms with Gasteiger partial charge in [0.2, 0.25) is 11.7 Å². The van der Waals surface area contributed by atoms with Gasteiger partial charge in [-0.15, -0.1) is 0 Å². The lowest BCUT2D eigenvalue weighted by Gasteiger charge is -2.50. The molecule has 1 unspecified atom stereocenters. The number of Topliss-reactive ketones (excluding diaryl/α,β-unsaturated/α-hetero) is 2. The monoisotopic (exact) mass is 970 g/mol. The van der Waals surface area contributed by atoms with Gasteiger partial charge in [0.1, 0.15) is 23.0 Å². The van der Waals surface area contributed by atoms with E-state index in [9.17, 15) is 34.2 Å². The van der Waals surface area contributed by atoms with Gasteiger partial charge in [-0.2, -0.15) is 0 Å². The van der Waals surface area contributed by atoms with Gasteiger partial charge in [-0.05, 0) is 144 Å². The fourth-order valence-electron chi connectivity index (χ4n) is 10.6. The number of esters is 1. The first-order valence-corrected chi connectivity index (χ1v) is 27.2. The summed E-state index contributed by atoms with van der Waals surface area (Å²) in [4.78, 5) is 76.0. The molecule has 2 amide bonds. The number of carbonyl (C=O) groups is 5. The molecule has 1 aliphatic carbocycles. The van der Waals surface area contributed by atoms with Gasteiger partial charge >= 0.3 is 5.97 Å². The third-order valence-electron chi connectivity index (χ3n) is 15.0. The number of piperidine rings is 1. The lowest BCUT2D eigenvalue weighted by Crippen LogP contribution is -2.64. The lowest BCUT2D eigenvalue weighted by molar-refractivity contribution is -0.306. The molecule has 3 fully saturated rings. The van der Waals surface area contributed by atoms with Crippen LogP contribution in [-0.2, 0) is 38.2 Å². The van der Waals surface area contributed by atoms with E-state index in [0.717, 1.165) is 41.9 Å². The highest BCUT2D eigenvalue weighted by molar-refractivity contribution is 8.76. The van der Waals surface area contributed by atoms with Crippen molar-refractivity contribution in [2.45, 2.75) is 186 Å². The van der Waals surface area contributed by atoms with Gasteiger partial charge in [0.05, 0.1) is 17.8 Å². The van der Waals surface area contributed by atoms with Crippen LogP contribution in [-0.4, -0.2) is 111 Å². The zero-order valence-corrected chi connectivity index (χ0v) is 43.0. The maximum absolute atomic E-state index is 14.5. The molecule has 5 rings (SSSR count). The molecule has 1 saturated carbocycles. The molecule has 2 bridgehead atoms. The second-order valence-corrected chi connectivity index (χ2v) is 22.9. The van der Waals surface area contributed by atoms with Crippen LogP contribution in [0.5, 0.6) is 0 Å². The summed E-state index contributed by atoms with van der Waals surface area (Å²) >= 11 is 0. The average molecular weight is 970 g/mol. The summed E-state index contributed by atoms with van der Waals surface area (Å²) in [6.45, 7) is 14.1. The van der Waals surface area contributed by atoms with Gasteiger partial charge in [-0.1, -0.05) is 68.7 Å². The maximum atomic E-state index is 14.5. The second kappa shape index (κ2) is 25.7. The summed E-state index contributed by atoms with van der Waals surface area (Å²) in [6.07, 6.45) is 12.2. The topological polar surface area (TPSA) is 182 Å². The van der Waals surface area contributed by atoms with Crippen molar-refractivity contribution in [1.82, 2.24) is 15.2 Å². The molecule has 15 heteroatoms. The highest BCUT2D eigenvalue weighted by atomic mass is 33.1. The molecule has 1 aromatic rings. The number of ether oxygens (including phenoxy) is 3. The van der Waals surface area contributed by atoms with E-state index in [2.05, 4.69) is 23.3 Å². The van der Waals surface area contributed by atoms with Crippen LogP contribution in [0.4, 0.5) is 0 Å². The minimum absolute atomic E-state index is 0.0343. The fraction of sp³-hybridized carbons (Fsp3) is 0.731. The van der Waals surface area contributed by atoms with Crippen molar-refractivity contribution in [3.8, 4) is 0 Å². The average Bonchev–Trinajstić information content (AvgIpc) is 3.30. The number of cyclic esters (lactones) is 1. The quantitative estimate of drug-likeness (QED) is 0.0596. The van der Waals surface area contributed by atoms with Crippen molar-refractivity contribution in [3.63, 3.8) is 0 Å². The number of allylic oxidation sites excluding steroid dienone is 3. The Hall–Kier alpha value is -3.08. The summed E-state index contributed by atoms with van der Waals surface area (Å²) in [5.41, 5.74) is 0.803. The number of hydrogen-bond acceptors (Lipinski definition) is 13. The molecular formula is C52H79N3O10S2. The zero-order chi connectivity index (χ0) is 48.9. The van der Waals surface area contributed by atoms with Gasteiger partial charge in [-0.3, -0.25) is 19.2 Å². The number of methoxy groups -OCH3 is 1. The van der Waals surface area contributed by atoms with Crippen LogP contribution in [0, 0.1) is 35.5 Å². The van der Waals surface area contributed by atoms with E-state index in [1.165, 1.54) is 4.90 Å². The Bertz CT molecular complexity index is 1900. The Morgan fingerprint density at radius 3 is 2.54 bits per heavy atom. The Balaban J connectivity index is 1.41. The molecule has 13 nitrogen and oxygen atoms in total. The zero-order valence-electron chi connectivity index (χ0n) is 41.3. The predicted octanol–water partition coefficient (Wildman–Crippen LogP) is 8.60. The van der Waals surface area contributed by atoms with E-state index in [1.54, 1.807) is 48.7 Å². The lowest BCUT2D eigenvalue weighted by atomic mass is 9.73. The molecule has 374 valence electrons. The molecule has 1 aromatic heterocycles. The number of aromatic nitrogens is 1. The van der Waals surface area contributed by atoms with Crippen molar-refractivity contribution >= 4 is 50.9 Å². The SMILES string of the molecule is CO[C@H]1CCC[C@@H](/C=C(\C)[C@H]2OC(=O)[C@@H]3CCCCN3C(=O)C(=O)[C@]3(O)OC(C)(CC[C@@H](C)C/C(C)=C/[C@@H](CCCC(=O)NCCSSc4ccccn4)C(=O)C[C@H](O)[C@H]2C)[C@@H](C)C[C@H]3C)C1. The Kier molecular flexibility index (Phi) is 21.0. The molecule has 0 spiro atoms. The standard InChI is InChI=1S/C52H79N3O10S2/c1-33-21-22-51(7)36(4)30-37(5)52(62,65-51)48(59)49(60)55-25-12-10-18-42(55)50(61)64-47(35(3)29-39-15-13-17-41(31-39)63-8)38(6)43(56)32-44(57)40(28-34(2)27-33)16-14-19-45(58)53-24-26-66-67-46-20-9-11-23-54-46/h9,11,20,23,28-29,33,36-43,47,56,62H,10,12-19,21-22,24-27,30-32H2,1-8H3,(H,53,58)/b34-28+,35-29+/t33-,36+,37-,38-,39+,40-,41+,42+,43+,47-,51?,52-/m1/s1. The van der Waals surface area contributed by atoms with E-state index in [1.807, 2.05) is 52.0 Å². The number of carbonyl (C=O) groups excluding carboxylic acids is 5. The molecule has 0 radical (unpaired) electrons. The number of rotatable bonds is 12. The highest BCUT2D eigenvalue weighted by Crippen LogP contribution is 2.46. The predicted molar refractivity (Wildman–Crippen MR) is 263 cm³/mol.